The second-order valence-electron chi connectivity index (χ2n) is 4.63. The van der Waals surface area contributed by atoms with Gasteiger partial charge in [-0.05, 0) is 36.6 Å². The van der Waals surface area contributed by atoms with Gasteiger partial charge in [0, 0.05) is 12.6 Å². The van der Waals surface area contributed by atoms with Crippen LogP contribution >= 0.6 is 0 Å². The van der Waals surface area contributed by atoms with Crippen molar-refractivity contribution in [1.82, 2.24) is 9.55 Å². The van der Waals surface area contributed by atoms with Crippen LogP contribution in [-0.2, 0) is 13.5 Å². The summed E-state index contributed by atoms with van der Waals surface area (Å²) in [5.41, 5.74) is 2.70. The van der Waals surface area contributed by atoms with Crippen molar-refractivity contribution in [3.8, 4) is 17.0 Å². The fraction of sp³-hybridized carbons (Fsp3) is 0.286. The number of fused-ring (bicyclic) bond motifs is 1. The van der Waals surface area contributed by atoms with E-state index in [4.69, 9.17) is 4.74 Å². The molecule has 19 heavy (non-hydrogen) atoms. The molecule has 0 unspecified atom stereocenters. The maximum atomic E-state index is 11.2. The van der Waals surface area contributed by atoms with Crippen LogP contribution in [-0.4, -0.2) is 27.2 Å². The number of carboxylic acid groups (broad SMARTS) is 1. The summed E-state index contributed by atoms with van der Waals surface area (Å²) in [5, 5.41) is 9.18. The molecule has 1 aromatic carbocycles. The number of carbonyl (C=O) groups is 1. The summed E-state index contributed by atoms with van der Waals surface area (Å²) in [6.07, 6.45) is 3.48. The van der Waals surface area contributed by atoms with Crippen molar-refractivity contribution in [3.05, 3.63) is 35.8 Å². The van der Waals surface area contributed by atoms with E-state index in [-0.39, 0.29) is 5.69 Å². The number of ether oxygens (including phenoxy) is 1. The Morgan fingerprint density at radius 1 is 1.47 bits per heavy atom. The van der Waals surface area contributed by atoms with E-state index >= 15 is 0 Å². The number of aryl methyl sites for hydroxylation is 2. The molecule has 1 aliphatic heterocycles. The number of aromatic carboxylic acids is 1. The number of nitrogens with zero attached hydrogens (tertiary/aromatic N) is 2. The van der Waals surface area contributed by atoms with E-state index in [1.165, 1.54) is 6.33 Å². The first-order chi connectivity index (χ1) is 9.16. The van der Waals surface area contributed by atoms with Crippen molar-refractivity contribution < 1.29 is 14.6 Å². The Kier molecular flexibility index (Phi) is 2.74. The van der Waals surface area contributed by atoms with Crippen molar-refractivity contribution in [3.63, 3.8) is 0 Å². The Morgan fingerprint density at radius 2 is 2.32 bits per heavy atom. The molecule has 2 aromatic rings. The number of rotatable bonds is 2. The van der Waals surface area contributed by atoms with Crippen LogP contribution in [0.25, 0.3) is 11.3 Å². The molecule has 0 radical (unpaired) electrons. The maximum Gasteiger partial charge on any atom is 0.356 e. The molecule has 0 saturated heterocycles. The minimum atomic E-state index is -1.01. The second-order valence-corrected chi connectivity index (χ2v) is 4.63. The van der Waals surface area contributed by atoms with E-state index in [0.717, 1.165) is 36.3 Å². The Bertz CT molecular complexity index is 646. The maximum absolute atomic E-state index is 11.2. The Labute approximate surface area is 110 Å². The van der Waals surface area contributed by atoms with Gasteiger partial charge in [-0.2, -0.15) is 0 Å². The van der Waals surface area contributed by atoms with E-state index in [2.05, 4.69) is 4.98 Å². The number of aromatic nitrogens is 2. The van der Waals surface area contributed by atoms with Gasteiger partial charge in [0.1, 0.15) is 5.75 Å². The quantitative estimate of drug-likeness (QED) is 0.896. The van der Waals surface area contributed by atoms with Gasteiger partial charge in [0.2, 0.25) is 0 Å². The summed E-state index contributed by atoms with van der Waals surface area (Å²) in [5.74, 6) is -0.112. The van der Waals surface area contributed by atoms with Gasteiger partial charge in [-0.3, -0.25) is 0 Å². The van der Waals surface area contributed by atoms with Crippen LogP contribution in [0.4, 0.5) is 0 Å². The van der Waals surface area contributed by atoms with Crippen molar-refractivity contribution in [1.29, 1.82) is 0 Å². The molecule has 0 bridgehead atoms. The molecule has 98 valence electrons. The SMILES string of the molecule is Cn1cnc(C(=O)O)c1-c1ccc2c(c1)CCCO2. The van der Waals surface area contributed by atoms with Crippen LogP contribution in [0.2, 0.25) is 0 Å². The first-order valence-electron chi connectivity index (χ1n) is 6.17. The number of hydrogen-bond acceptors (Lipinski definition) is 3. The summed E-state index contributed by atoms with van der Waals surface area (Å²) in [6, 6.07) is 5.79. The summed E-state index contributed by atoms with van der Waals surface area (Å²) in [4.78, 5) is 15.1. The molecule has 0 atom stereocenters. The minimum absolute atomic E-state index is 0.0826. The van der Waals surface area contributed by atoms with Gasteiger partial charge in [-0.25, -0.2) is 9.78 Å². The molecule has 1 aromatic heterocycles. The largest absolute Gasteiger partial charge is 0.493 e. The molecule has 1 N–H and O–H groups in total. The third-order valence-electron chi connectivity index (χ3n) is 3.32. The number of carboxylic acids is 1. The fourth-order valence-corrected chi connectivity index (χ4v) is 2.43. The fourth-order valence-electron chi connectivity index (χ4n) is 2.43. The normalized spacial score (nSPS) is 13.7. The van der Waals surface area contributed by atoms with E-state index in [9.17, 15) is 9.90 Å². The molecule has 0 saturated carbocycles. The van der Waals surface area contributed by atoms with Crippen LogP contribution in [0.5, 0.6) is 5.75 Å². The summed E-state index contributed by atoms with van der Waals surface area (Å²) >= 11 is 0. The number of imidazole rings is 1. The highest BCUT2D eigenvalue weighted by molar-refractivity contribution is 5.93. The monoisotopic (exact) mass is 258 g/mol. The van der Waals surface area contributed by atoms with Gasteiger partial charge in [-0.15, -0.1) is 0 Å². The molecule has 0 spiro atoms. The molecule has 2 heterocycles. The third kappa shape index (κ3) is 1.97. The molecule has 0 fully saturated rings. The van der Waals surface area contributed by atoms with Crippen LogP contribution in [0.1, 0.15) is 22.5 Å². The van der Waals surface area contributed by atoms with E-state index in [1.807, 2.05) is 18.2 Å². The third-order valence-corrected chi connectivity index (χ3v) is 3.32. The van der Waals surface area contributed by atoms with Crippen LogP contribution < -0.4 is 4.74 Å². The van der Waals surface area contributed by atoms with Gasteiger partial charge in [-0.1, -0.05) is 0 Å². The molecule has 0 amide bonds. The molecule has 3 rings (SSSR count). The van der Waals surface area contributed by atoms with Crippen molar-refractivity contribution in [2.45, 2.75) is 12.8 Å². The predicted octanol–water partition coefficient (Wildman–Crippen LogP) is 2.11. The summed E-state index contributed by atoms with van der Waals surface area (Å²) in [7, 11) is 1.80. The van der Waals surface area contributed by atoms with Crippen molar-refractivity contribution in [2.24, 2.45) is 7.05 Å². The average molecular weight is 258 g/mol. The highest BCUT2D eigenvalue weighted by Gasteiger charge is 2.19. The molecule has 0 aliphatic carbocycles. The van der Waals surface area contributed by atoms with Gasteiger partial charge < -0.3 is 14.4 Å². The number of hydrogen-bond donors (Lipinski definition) is 1. The van der Waals surface area contributed by atoms with Gasteiger partial charge >= 0.3 is 5.97 Å². The lowest BCUT2D eigenvalue weighted by atomic mass is 10.0. The zero-order chi connectivity index (χ0) is 13.4. The zero-order valence-corrected chi connectivity index (χ0v) is 10.6. The molecular weight excluding hydrogens is 244 g/mol. The van der Waals surface area contributed by atoms with Gasteiger partial charge in [0.05, 0.1) is 18.6 Å². The lowest BCUT2D eigenvalue weighted by Crippen LogP contribution is -2.08. The zero-order valence-electron chi connectivity index (χ0n) is 10.6. The molecule has 5 nitrogen and oxygen atoms in total. The average Bonchev–Trinajstić information content (AvgIpc) is 2.80. The Balaban J connectivity index is 2.12. The van der Waals surface area contributed by atoms with Crippen LogP contribution in [0.3, 0.4) is 0 Å². The molecule has 5 heteroatoms. The first-order valence-corrected chi connectivity index (χ1v) is 6.17. The predicted molar refractivity (Wildman–Crippen MR) is 69.4 cm³/mol. The summed E-state index contributed by atoms with van der Waals surface area (Å²) < 4.78 is 7.30. The van der Waals surface area contributed by atoms with Crippen LogP contribution in [0.15, 0.2) is 24.5 Å². The summed E-state index contributed by atoms with van der Waals surface area (Å²) in [6.45, 7) is 0.748. The van der Waals surface area contributed by atoms with Crippen molar-refractivity contribution >= 4 is 5.97 Å². The molecule has 1 aliphatic rings. The Morgan fingerprint density at radius 3 is 3.11 bits per heavy atom. The highest BCUT2D eigenvalue weighted by atomic mass is 16.5. The van der Waals surface area contributed by atoms with E-state index < -0.39 is 5.97 Å². The van der Waals surface area contributed by atoms with Gasteiger partial charge in [0.15, 0.2) is 5.69 Å². The van der Waals surface area contributed by atoms with Gasteiger partial charge in [0.25, 0.3) is 0 Å². The lowest BCUT2D eigenvalue weighted by molar-refractivity contribution is 0.0692. The lowest BCUT2D eigenvalue weighted by Gasteiger charge is -2.18. The Hall–Kier alpha value is -2.30. The number of benzene rings is 1. The molecular formula is C14H14N2O3. The highest BCUT2D eigenvalue weighted by Crippen LogP contribution is 2.31. The second kappa shape index (κ2) is 4.42. The topological polar surface area (TPSA) is 64.4 Å². The first kappa shape index (κ1) is 11.8. The van der Waals surface area contributed by atoms with Crippen molar-refractivity contribution in [2.75, 3.05) is 6.61 Å². The standard InChI is InChI=1S/C14H14N2O3/c1-16-8-15-12(14(17)18)13(16)10-4-5-11-9(7-10)3-2-6-19-11/h4-5,7-8H,2-3,6H2,1H3,(H,17,18). The van der Waals surface area contributed by atoms with E-state index in [0.29, 0.717) is 5.69 Å². The van der Waals surface area contributed by atoms with E-state index in [1.54, 1.807) is 11.6 Å². The van der Waals surface area contributed by atoms with Crippen LogP contribution in [0, 0.1) is 0 Å². The minimum Gasteiger partial charge on any atom is -0.493 e. The smallest absolute Gasteiger partial charge is 0.356 e.